The number of halogens is 2. The van der Waals surface area contributed by atoms with E-state index in [-0.39, 0.29) is 18.1 Å². The highest BCUT2D eigenvalue weighted by Gasteiger charge is 2.14. The molecule has 0 aliphatic rings. The average molecular weight is 451 g/mol. The molecule has 3 aromatic carbocycles. The highest BCUT2D eigenvalue weighted by Crippen LogP contribution is 2.29. The first-order chi connectivity index (χ1) is 15.7. The van der Waals surface area contributed by atoms with Crippen LogP contribution in [0.5, 0.6) is 0 Å². The summed E-state index contributed by atoms with van der Waals surface area (Å²) in [6.45, 7) is 3.60. The Morgan fingerprint density at radius 1 is 1.03 bits per heavy atom. The summed E-state index contributed by atoms with van der Waals surface area (Å²) in [6, 6.07) is 13.1. The molecule has 0 spiro atoms. The third-order valence-electron chi connectivity index (χ3n) is 5.07. The van der Waals surface area contributed by atoms with Gasteiger partial charge in [-0.25, -0.2) is 8.78 Å². The molecule has 0 saturated heterocycles. The van der Waals surface area contributed by atoms with E-state index in [1.54, 1.807) is 50.2 Å². The Hall–Kier alpha value is -3.91. The lowest BCUT2D eigenvalue weighted by Gasteiger charge is -2.13. The van der Waals surface area contributed by atoms with Gasteiger partial charge in [-0.05, 0) is 78.6 Å². The molecule has 3 N–H and O–H groups in total. The number of carbonyl (C=O) groups excluding carboxylic acids is 1. The molecule has 0 saturated carbocycles. The molecule has 6 nitrogen and oxygen atoms in total. The van der Waals surface area contributed by atoms with Crippen molar-refractivity contribution in [3.63, 3.8) is 0 Å². The van der Waals surface area contributed by atoms with Crippen LogP contribution in [0.1, 0.15) is 39.5 Å². The first kappa shape index (κ1) is 23.7. The normalized spacial score (nSPS) is 11.4. The number of primary amides is 1. The predicted octanol–water partition coefficient (Wildman–Crippen LogP) is 4.95. The maximum absolute atomic E-state index is 14.3. The zero-order valence-corrected chi connectivity index (χ0v) is 18.4. The summed E-state index contributed by atoms with van der Waals surface area (Å²) in [5, 5.41) is 12.2. The van der Waals surface area contributed by atoms with Gasteiger partial charge >= 0.3 is 0 Å². The minimum Gasteiger partial charge on any atom is -0.380 e. The fourth-order valence-electron chi connectivity index (χ4n) is 3.36. The van der Waals surface area contributed by atoms with Crippen molar-refractivity contribution in [1.29, 1.82) is 5.41 Å². The van der Waals surface area contributed by atoms with Gasteiger partial charge in [-0.1, -0.05) is 17.3 Å². The van der Waals surface area contributed by atoms with Crippen molar-refractivity contribution >= 4 is 17.5 Å². The molecule has 0 heterocycles. The monoisotopic (exact) mass is 451 g/mol. The third kappa shape index (κ3) is 5.48. The molecule has 3 aromatic rings. The molecule has 0 unspecified atom stereocenters. The van der Waals surface area contributed by atoms with Gasteiger partial charge in [0.05, 0.1) is 12.3 Å². The fraction of sp³-hybridized carbons (Fsp3) is 0.160. The second-order valence-electron chi connectivity index (χ2n) is 7.42. The SMILES string of the molecule is COCc1cc(C(=N)O/N=C(\C)c2ccc(C(N)=O)c(C)c2)ccc1-c1cc(F)ccc1F. The molecule has 0 atom stereocenters. The zero-order chi connectivity index (χ0) is 24.1. The Morgan fingerprint density at radius 3 is 2.42 bits per heavy atom. The van der Waals surface area contributed by atoms with E-state index >= 15 is 0 Å². The number of hydrogen-bond acceptors (Lipinski definition) is 5. The molecule has 8 heteroatoms. The molecule has 170 valence electrons. The van der Waals surface area contributed by atoms with E-state index in [1.165, 1.54) is 7.11 Å². The number of rotatable bonds is 7. The van der Waals surface area contributed by atoms with Gasteiger partial charge in [-0.2, -0.15) is 0 Å². The van der Waals surface area contributed by atoms with Gasteiger partial charge in [-0.15, -0.1) is 0 Å². The summed E-state index contributed by atoms with van der Waals surface area (Å²) in [5.41, 5.74) is 9.16. The smallest absolute Gasteiger partial charge is 0.248 e. The maximum atomic E-state index is 14.3. The van der Waals surface area contributed by atoms with E-state index in [2.05, 4.69) is 5.16 Å². The van der Waals surface area contributed by atoms with Gasteiger partial charge in [0.1, 0.15) is 11.6 Å². The number of nitrogens with one attached hydrogen (secondary N) is 1. The van der Waals surface area contributed by atoms with Crippen molar-refractivity contribution in [2.45, 2.75) is 20.5 Å². The highest BCUT2D eigenvalue weighted by atomic mass is 19.1. The maximum Gasteiger partial charge on any atom is 0.248 e. The van der Waals surface area contributed by atoms with Gasteiger partial charge in [-0.3, -0.25) is 10.2 Å². The van der Waals surface area contributed by atoms with E-state index in [9.17, 15) is 13.6 Å². The van der Waals surface area contributed by atoms with Crippen LogP contribution in [0, 0.1) is 24.0 Å². The van der Waals surface area contributed by atoms with Crippen molar-refractivity contribution in [2.24, 2.45) is 10.9 Å². The summed E-state index contributed by atoms with van der Waals surface area (Å²) < 4.78 is 33.2. The van der Waals surface area contributed by atoms with Crippen molar-refractivity contribution in [1.82, 2.24) is 0 Å². The number of benzene rings is 3. The molecule has 0 fully saturated rings. The standard InChI is InChI=1S/C25H23F2N3O3/c1-14-10-16(4-7-20(14)24(28)31)15(2)30-33-25(29)17-5-8-21(18(11-17)13-32-3)22-12-19(26)6-9-23(22)27/h4-12,29H,13H2,1-3H3,(H2,28,31)/b29-25?,30-15+. The van der Waals surface area contributed by atoms with E-state index in [1.807, 2.05) is 0 Å². The first-order valence-electron chi connectivity index (χ1n) is 10.00. The summed E-state index contributed by atoms with van der Waals surface area (Å²) in [6.07, 6.45) is 0. The van der Waals surface area contributed by atoms with Crippen LogP contribution in [-0.4, -0.2) is 24.6 Å². The second kappa shape index (κ2) is 10.1. The summed E-state index contributed by atoms with van der Waals surface area (Å²) >= 11 is 0. The van der Waals surface area contributed by atoms with Gasteiger partial charge in [0, 0.05) is 23.8 Å². The molecule has 33 heavy (non-hydrogen) atoms. The van der Waals surface area contributed by atoms with E-state index in [0.29, 0.717) is 39.1 Å². The minimum absolute atomic E-state index is 0.102. The average Bonchev–Trinajstić information content (AvgIpc) is 2.78. The lowest BCUT2D eigenvalue weighted by atomic mass is 9.97. The van der Waals surface area contributed by atoms with Crippen LogP contribution in [0.15, 0.2) is 59.8 Å². The highest BCUT2D eigenvalue weighted by molar-refractivity contribution is 6.01. The lowest BCUT2D eigenvalue weighted by Crippen LogP contribution is -2.13. The minimum atomic E-state index is -0.564. The summed E-state index contributed by atoms with van der Waals surface area (Å²) in [4.78, 5) is 16.7. The number of oxime groups is 1. The van der Waals surface area contributed by atoms with Gasteiger partial charge in [0.25, 0.3) is 0 Å². The fourth-order valence-corrected chi connectivity index (χ4v) is 3.36. The molecule has 0 aliphatic heterocycles. The van der Waals surface area contributed by atoms with E-state index < -0.39 is 17.5 Å². The third-order valence-corrected chi connectivity index (χ3v) is 5.07. The predicted molar refractivity (Wildman–Crippen MR) is 122 cm³/mol. The van der Waals surface area contributed by atoms with E-state index in [0.717, 1.165) is 18.2 Å². The second-order valence-corrected chi connectivity index (χ2v) is 7.42. The molecule has 3 rings (SSSR count). The zero-order valence-electron chi connectivity index (χ0n) is 18.4. The van der Waals surface area contributed by atoms with Crippen molar-refractivity contribution in [2.75, 3.05) is 7.11 Å². The number of amides is 1. The molecule has 0 bridgehead atoms. The Bertz CT molecular complexity index is 1260. The largest absolute Gasteiger partial charge is 0.380 e. The molecule has 1 amide bonds. The van der Waals surface area contributed by atoms with Crippen LogP contribution in [0.3, 0.4) is 0 Å². The quantitative estimate of drug-likeness (QED) is 0.302. The Kier molecular flexibility index (Phi) is 7.30. The number of carbonyl (C=O) groups is 1. The van der Waals surface area contributed by atoms with E-state index in [4.69, 9.17) is 20.7 Å². The number of nitrogens with zero attached hydrogens (tertiary/aromatic N) is 1. The lowest BCUT2D eigenvalue weighted by molar-refractivity contribution is 0.0999. The number of ether oxygens (including phenoxy) is 1. The first-order valence-corrected chi connectivity index (χ1v) is 10.00. The number of methoxy groups -OCH3 is 1. The molecule has 0 radical (unpaired) electrons. The van der Waals surface area contributed by atoms with Crippen LogP contribution < -0.4 is 5.73 Å². The van der Waals surface area contributed by atoms with Crippen molar-refractivity contribution < 1.29 is 23.1 Å². The van der Waals surface area contributed by atoms with Gasteiger partial charge in [0.2, 0.25) is 11.8 Å². The topological polar surface area (TPSA) is 97.8 Å². The van der Waals surface area contributed by atoms with Crippen molar-refractivity contribution in [3.8, 4) is 11.1 Å². The number of hydrogen-bond donors (Lipinski definition) is 2. The van der Waals surface area contributed by atoms with Crippen molar-refractivity contribution in [3.05, 3.63) is 94.0 Å². The van der Waals surface area contributed by atoms with Crippen LogP contribution >= 0.6 is 0 Å². The molecular weight excluding hydrogens is 428 g/mol. The van der Waals surface area contributed by atoms with Gasteiger partial charge < -0.3 is 15.3 Å². The Labute approximate surface area is 190 Å². The van der Waals surface area contributed by atoms with Crippen LogP contribution in [0.4, 0.5) is 8.78 Å². The van der Waals surface area contributed by atoms with Gasteiger partial charge in [0.15, 0.2) is 0 Å². The molecule has 0 aromatic heterocycles. The Morgan fingerprint density at radius 2 is 1.76 bits per heavy atom. The number of aryl methyl sites for hydroxylation is 1. The summed E-state index contributed by atoms with van der Waals surface area (Å²) in [5.74, 6) is -1.87. The number of nitrogens with two attached hydrogens (primary N) is 1. The summed E-state index contributed by atoms with van der Waals surface area (Å²) in [7, 11) is 1.49. The Balaban J connectivity index is 1.85. The molecule has 0 aliphatic carbocycles. The van der Waals surface area contributed by atoms with Crippen LogP contribution in [-0.2, 0) is 16.2 Å². The van der Waals surface area contributed by atoms with Crippen LogP contribution in [0.2, 0.25) is 0 Å². The van der Waals surface area contributed by atoms with Crippen LogP contribution in [0.25, 0.3) is 11.1 Å². The molecular formula is C25H23F2N3O3.